The molecule has 8 heteroatoms. The molecule has 2 aliphatic heterocycles. The molecule has 0 aliphatic carbocycles. The van der Waals surface area contributed by atoms with Crippen LogP contribution in [0.25, 0.3) is 11.1 Å². The Morgan fingerprint density at radius 1 is 0.927 bits per heavy atom. The lowest BCUT2D eigenvalue weighted by molar-refractivity contribution is -0.120. The molecule has 4 aromatic rings. The van der Waals surface area contributed by atoms with Gasteiger partial charge in [-0.1, -0.05) is 48.5 Å². The number of carbonyl (C=O) groups is 2. The molecule has 2 aliphatic rings. The maximum absolute atomic E-state index is 13.6. The molecule has 0 saturated carbocycles. The van der Waals surface area contributed by atoms with Gasteiger partial charge < -0.3 is 9.80 Å². The van der Waals surface area contributed by atoms with Crippen molar-refractivity contribution in [3.05, 3.63) is 101 Å². The highest BCUT2D eigenvalue weighted by atomic mass is 32.1. The minimum absolute atomic E-state index is 0.139. The van der Waals surface area contributed by atoms with Crippen LogP contribution in [-0.2, 0) is 11.3 Å². The summed E-state index contributed by atoms with van der Waals surface area (Å²) in [6, 6.07) is 23.4. The number of carbonyl (C=O) groups excluding carboxylic acids is 2. The van der Waals surface area contributed by atoms with Crippen LogP contribution in [-0.4, -0.2) is 58.3 Å². The summed E-state index contributed by atoms with van der Waals surface area (Å²) in [7, 11) is 0. The largest absolute Gasteiger partial charge is 0.369 e. The van der Waals surface area contributed by atoms with Crippen LogP contribution in [0, 0.1) is 0 Å². The first-order valence-electron chi connectivity index (χ1n) is 14.1. The summed E-state index contributed by atoms with van der Waals surface area (Å²) < 4.78 is 0. The van der Waals surface area contributed by atoms with Gasteiger partial charge in [0, 0.05) is 61.1 Å². The molecule has 0 radical (unpaired) electrons. The van der Waals surface area contributed by atoms with Gasteiger partial charge in [-0.05, 0) is 67.3 Å². The molecular formula is C33H35N5O2S. The average molecular weight is 566 g/mol. The number of hydrogen-bond donors (Lipinski definition) is 1. The van der Waals surface area contributed by atoms with E-state index >= 15 is 0 Å². The van der Waals surface area contributed by atoms with Gasteiger partial charge in [-0.25, -0.2) is 4.98 Å². The molecule has 1 aromatic heterocycles. The molecule has 0 bridgehead atoms. The van der Waals surface area contributed by atoms with E-state index in [4.69, 9.17) is 0 Å². The second kappa shape index (κ2) is 11.1. The van der Waals surface area contributed by atoms with E-state index < -0.39 is 6.04 Å². The molecular weight excluding hydrogens is 530 g/mol. The highest BCUT2D eigenvalue weighted by Gasteiger charge is 2.38. The van der Waals surface area contributed by atoms with Crippen LogP contribution in [0.2, 0.25) is 0 Å². The number of hydrogen-bond acceptors (Lipinski definition) is 6. The standard InChI is InChI=1S/C33H35N5O2S/c1-33(2,3)37-18-16-36(17-19-37)27-12-9-23(10-13-27)25-11-14-28-26(21-25)22-38(31(28)40)29(24-7-5-4-6-8-24)30(39)35-32-34-15-20-41-32/h4-15,20-21,29H,16-19,22H2,1-3H3,(H,34,35,39). The summed E-state index contributed by atoms with van der Waals surface area (Å²) in [4.78, 5) is 37.9. The zero-order valence-corrected chi connectivity index (χ0v) is 24.5. The molecule has 3 heterocycles. The number of rotatable bonds is 6. The Hall–Kier alpha value is -4.01. The van der Waals surface area contributed by atoms with Crippen LogP contribution < -0.4 is 10.2 Å². The number of aromatic nitrogens is 1. The molecule has 210 valence electrons. The third-order valence-corrected chi connectivity index (χ3v) is 8.76. The van der Waals surface area contributed by atoms with E-state index in [-0.39, 0.29) is 17.4 Å². The number of nitrogens with one attached hydrogen (secondary N) is 1. The number of thiazole rings is 1. The Morgan fingerprint density at radius 2 is 1.63 bits per heavy atom. The first-order chi connectivity index (χ1) is 19.8. The Bertz CT molecular complexity index is 1520. The van der Waals surface area contributed by atoms with Crippen molar-refractivity contribution in [1.29, 1.82) is 0 Å². The van der Waals surface area contributed by atoms with Gasteiger partial charge in [0.2, 0.25) is 0 Å². The highest BCUT2D eigenvalue weighted by molar-refractivity contribution is 7.13. The van der Waals surface area contributed by atoms with Crippen LogP contribution in [0.5, 0.6) is 0 Å². The fraction of sp³-hybridized carbons (Fsp3) is 0.303. The van der Waals surface area contributed by atoms with Crippen molar-refractivity contribution in [2.75, 3.05) is 36.4 Å². The van der Waals surface area contributed by atoms with Gasteiger partial charge in [0.15, 0.2) is 5.13 Å². The van der Waals surface area contributed by atoms with Crippen LogP contribution >= 0.6 is 11.3 Å². The average Bonchev–Trinajstić information content (AvgIpc) is 3.61. The highest BCUT2D eigenvalue weighted by Crippen LogP contribution is 2.35. The Labute approximate surface area is 245 Å². The quantitative estimate of drug-likeness (QED) is 0.308. The van der Waals surface area contributed by atoms with E-state index in [2.05, 4.69) is 71.2 Å². The van der Waals surface area contributed by atoms with E-state index in [9.17, 15) is 9.59 Å². The van der Waals surface area contributed by atoms with Crippen molar-refractivity contribution in [3.63, 3.8) is 0 Å². The maximum Gasteiger partial charge on any atom is 0.255 e. The number of fused-ring (bicyclic) bond motifs is 1. The minimum atomic E-state index is -0.763. The van der Waals surface area contributed by atoms with Gasteiger partial charge in [0.1, 0.15) is 6.04 Å². The van der Waals surface area contributed by atoms with E-state index in [0.29, 0.717) is 17.2 Å². The molecule has 1 saturated heterocycles. The van der Waals surface area contributed by atoms with Crippen LogP contribution in [0.1, 0.15) is 48.3 Å². The van der Waals surface area contributed by atoms with Crippen molar-refractivity contribution in [2.45, 2.75) is 38.9 Å². The monoisotopic (exact) mass is 565 g/mol. The molecule has 0 spiro atoms. The van der Waals surface area contributed by atoms with E-state index in [1.165, 1.54) is 17.0 Å². The Morgan fingerprint density at radius 3 is 2.29 bits per heavy atom. The van der Waals surface area contributed by atoms with Crippen molar-refractivity contribution in [2.24, 2.45) is 0 Å². The van der Waals surface area contributed by atoms with Crippen LogP contribution in [0.15, 0.2) is 84.4 Å². The summed E-state index contributed by atoms with van der Waals surface area (Å²) in [5.41, 5.74) is 5.95. The van der Waals surface area contributed by atoms with Crippen LogP contribution in [0.4, 0.5) is 10.8 Å². The topological polar surface area (TPSA) is 68.8 Å². The Kier molecular flexibility index (Phi) is 7.36. The van der Waals surface area contributed by atoms with Gasteiger partial charge in [0.05, 0.1) is 0 Å². The SMILES string of the molecule is CC(C)(C)N1CCN(c2ccc(-c3ccc4c(c3)CN(C(C(=O)Nc3nccs3)c3ccccc3)C4=O)cc2)CC1. The van der Waals surface area contributed by atoms with Crippen molar-refractivity contribution in [3.8, 4) is 11.1 Å². The van der Waals surface area contributed by atoms with Crippen LogP contribution in [0.3, 0.4) is 0 Å². The number of piperazine rings is 1. The smallest absolute Gasteiger partial charge is 0.255 e. The maximum atomic E-state index is 13.6. The van der Waals surface area contributed by atoms with Gasteiger partial charge in [0.25, 0.3) is 11.8 Å². The van der Waals surface area contributed by atoms with E-state index in [1.54, 1.807) is 11.1 Å². The zero-order chi connectivity index (χ0) is 28.6. The predicted octanol–water partition coefficient (Wildman–Crippen LogP) is 6.07. The second-order valence-corrected chi connectivity index (χ2v) is 12.5. The number of nitrogens with zero attached hydrogens (tertiary/aromatic N) is 4. The predicted molar refractivity (Wildman–Crippen MR) is 165 cm³/mol. The van der Waals surface area contributed by atoms with Gasteiger partial charge in [-0.2, -0.15) is 0 Å². The zero-order valence-electron chi connectivity index (χ0n) is 23.7. The van der Waals surface area contributed by atoms with Gasteiger partial charge in [-0.15, -0.1) is 11.3 Å². The van der Waals surface area contributed by atoms with Gasteiger partial charge >= 0.3 is 0 Å². The molecule has 1 fully saturated rings. The first kappa shape index (κ1) is 27.2. The lowest BCUT2D eigenvalue weighted by Gasteiger charge is -2.43. The molecule has 6 rings (SSSR count). The Balaban J connectivity index is 1.20. The number of benzene rings is 3. The fourth-order valence-corrected chi connectivity index (χ4v) is 6.33. The summed E-state index contributed by atoms with van der Waals surface area (Å²) in [6.45, 7) is 11.4. The number of amides is 2. The number of anilines is 2. The molecule has 1 N–H and O–H groups in total. The first-order valence-corrected chi connectivity index (χ1v) is 15.0. The second-order valence-electron chi connectivity index (χ2n) is 11.6. The lowest BCUT2D eigenvalue weighted by Crippen LogP contribution is -2.53. The summed E-state index contributed by atoms with van der Waals surface area (Å²) in [5, 5.41) is 5.22. The minimum Gasteiger partial charge on any atom is -0.369 e. The molecule has 1 unspecified atom stereocenters. The molecule has 7 nitrogen and oxygen atoms in total. The summed E-state index contributed by atoms with van der Waals surface area (Å²) >= 11 is 1.35. The third kappa shape index (κ3) is 5.62. The van der Waals surface area contributed by atoms with Crippen molar-refractivity contribution < 1.29 is 9.59 Å². The molecule has 1 atom stereocenters. The summed E-state index contributed by atoms with van der Waals surface area (Å²) in [6.07, 6.45) is 1.65. The van der Waals surface area contributed by atoms with Crippen molar-refractivity contribution >= 4 is 34.0 Å². The van der Waals surface area contributed by atoms with E-state index in [0.717, 1.165) is 48.4 Å². The fourth-order valence-electron chi connectivity index (χ4n) is 5.80. The van der Waals surface area contributed by atoms with Crippen molar-refractivity contribution in [1.82, 2.24) is 14.8 Å². The van der Waals surface area contributed by atoms with E-state index in [1.807, 2.05) is 47.8 Å². The normalized spacial score (nSPS) is 16.5. The van der Waals surface area contributed by atoms with Gasteiger partial charge in [-0.3, -0.25) is 19.8 Å². The summed E-state index contributed by atoms with van der Waals surface area (Å²) in [5.74, 6) is -0.411. The molecule has 3 aromatic carbocycles. The molecule has 41 heavy (non-hydrogen) atoms. The molecule has 2 amide bonds. The third-order valence-electron chi connectivity index (χ3n) is 8.07. The lowest BCUT2D eigenvalue weighted by atomic mass is 10.00.